The van der Waals surface area contributed by atoms with Gasteiger partial charge in [0.1, 0.15) is 0 Å². The molecule has 1 aliphatic heterocycles. The van der Waals surface area contributed by atoms with E-state index in [1.807, 2.05) is 12.1 Å². The summed E-state index contributed by atoms with van der Waals surface area (Å²) in [6.07, 6.45) is 2.16. The van der Waals surface area contributed by atoms with Crippen molar-refractivity contribution in [2.45, 2.75) is 25.3 Å². The van der Waals surface area contributed by atoms with Crippen molar-refractivity contribution in [2.75, 3.05) is 14.1 Å². The summed E-state index contributed by atoms with van der Waals surface area (Å²) in [5.74, 6) is 0.985. The van der Waals surface area contributed by atoms with Gasteiger partial charge in [-0.15, -0.1) is 11.3 Å². The fourth-order valence-corrected chi connectivity index (χ4v) is 5.37. The summed E-state index contributed by atoms with van der Waals surface area (Å²) in [5, 5.41) is 15.4. The number of amides is 1. The van der Waals surface area contributed by atoms with Crippen molar-refractivity contribution in [3.63, 3.8) is 0 Å². The SMILES string of the molecule is CN=C1N[C@](C)(c2cc(-c3cc(Cl)cc(C#N)c3)cs2)[C@H](C2CC2)C(=O)N1C. The molecule has 0 spiro atoms. The van der Waals surface area contributed by atoms with E-state index in [1.54, 1.807) is 36.4 Å². The second-order valence-corrected chi connectivity index (χ2v) is 8.97. The van der Waals surface area contributed by atoms with E-state index >= 15 is 0 Å². The third-order valence-electron chi connectivity index (χ3n) is 5.68. The number of nitriles is 1. The molecule has 1 N–H and O–H groups in total. The molecule has 4 rings (SSSR count). The number of benzene rings is 1. The zero-order chi connectivity index (χ0) is 20.1. The third-order valence-corrected chi connectivity index (χ3v) is 7.07. The normalized spacial score (nSPS) is 26.2. The molecule has 144 valence electrons. The minimum absolute atomic E-state index is 0.119. The van der Waals surface area contributed by atoms with Gasteiger partial charge in [0.15, 0.2) is 0 Å². The molecule has 0 bridgehead atoms. The monoisotopic (exact) mass is 412 g/mol. The molecular formula is C21H21ClN4OS. The summed E-state index contributed by atoms with van der Waals surface area (Å²) >= 11 is 7.80. The minimum Gasteiger partial charge on any atom is -0.345 e. The van der Waals surface area contributed by atoms with Crippen LogP contribution in [0.3, 0.4) is 0 Å². The van der Waals surface area contributed by atoms with Crippen molar-refractivity contribution in [1.29, 1.82) is 5.26 Å². The Balaban J connectivity index is 1.77. The molecule has 0 radical (unpaired) electrons. The van der Waals surface area contributed by atoms with Crippen molar-refractivity contribution in [3.8, 4) is 17.2 Å². The fourth-order valence-electron chi connectivity index (χ4n) is 4.06. The Hall–Kier alpha value is -2.36. The van der Waals surface area contributed by atoms with Crippen LogP contribution in [0.4, 0.5) is 0 Å². The van der Waals surface area contributed by atoms with Gasteiger partial charge in [0.25, 0.3) is 0 Å². The Labute approximate surface area is 173 Å². The smallest absolute Gasteiger partial charge is 0.235 e. The van der Waals surface area contributed by atoms with E-state index in [0.29, 0.717) is 22.5 Å². The molecule has 28 heavy (non-hydrogen) atoms. The number of guanidine groups is 1. The molecule has 2 fully saturated rings. The Morgan fingerprint density at radius 2 is 2.07 bits per heavy atom. The molecule has 1 aliphatic carbocycles. The maximum absolute atomic E-state index is 13.1. The molecule has 1 aromatic carbocycles. The number of halogens is 1. The largest absolute Gasteiger partial charge is 0.345 e. The van der Waals surface area contributed by atoms with Crippen molar-refractivity contribution in [3.05, 3.63) is 45.1 Å². The molecule has 1 saturated carbocycles. The first-order valence-electron chi connectivity index (χ1n) is 9.20. The fraction of sp³-hybridized carbons (Fsp3) is 0.381. The Kier molecular flexibility index (Phi) is 4.68. The van der Waals surface area contributed by atoms with E-state index in [1.165, 1.54) is 0 Å². The highest BCUT2D eigenvalue weighted by molar-refractivity contribution is 7.10. The lowest BCUT2D eigenvalue weighted by molar-refractivity contribution is -0.136. The third kappa shape index (κ3) is 3.09. The lowest BCUT2D eigenvalue weighted by Crippen LogP contribution is -2.64. The van der Waals surface area contributed by atoms with E-state index in [0.717, 1.165) is 28.8 Å². The van der Waals surface area contributed by atoms with E-state index in [-0.39, 0.29) is 11.8 Å². The van der Waals surface area contributed by atoms with Crippen molar-refractivity contribution in [1.82, 2.24) is 10.2 Å². The molecule has 2 heterocycles. The molecule has 2 aromatic rings. The number of carbonyl (C=O) groups excluding carboxylic acids is 1. The van der Waals surface area contributed by atoms with Crippen LogP contribution in [0.1, 0.15) is 30.2 Å². The molecule has 1 amide bonds. The highest BCUT2D eigenvalue weighted by Crippen LogP contribution is 2.50. The average Bonchev–Trinajstić information content (AvgIpc) is 3.37. The number of nitrogens with one attached hydrogen (secondary N) is 1. The quantitative estimate of drug-likeness (QED) is 0.820. The topological polar surface area (TPSA) is 68.5 Å². The van der Waals surface area contributed by atoms with Crippen LogP contribution in [0.25, 0.3) is 11.1 Å². The molecule has 7 heteroatoms. The lowest BCUT2D eigenvalue weighted by Gasteiger charge is -2.45. The van der Waals surface area contributed by atoms with E-state index in [2.05, 4.69) is 34.7 Å². The van der Waals surface area contributed by atoms with Gasteiger partial charge in [0.05, 0.1) is 23.1 Å². The molecule has 0 unspecified atom stereocenters. The standard InChI is InChI=1S/C21H21ClN4OS/c1-21(18(13-4-5-13)19(27)26(3)20(24-2)25-21)17-9-15(11-28-17)14-6-12(10-23)7-16(22)8-14/h6-9,11,13,18H,4-5H2,1-3H3,(H,24,25)/t18-,21-/m1/s1. The number of thiophene rings is 1. The van der Waals surface area contributed by atoms with Crippen LogP contribution in [0.2, 0.25) is 5.02 Å². The van der Waals surface area contributed by atoms with Gasteiger partial charge in [-0.2, -0.15) is 5.26 Å². The zero-order valence-electron chi connectivity index (χ0n) is 16.0. The lowest BCUT2D eigenvalue weighted by atomic mass is 9.78. The van der Waals surface area contributed by atoms with Crippen LogP contribution in [-0.4, -0.2) is 30.9 Å². The Morgan fingerprint density at radius 1 is 1.32 bits per heavy atom. The number of hydrogen-bond donors (Lipinski definition) is 1. The predicted octanol–water partition coefficient (Wildman–Crippen LogP) is 4.23. The summed E-state index contributed by atoms with van der Waals surface area (Å²) in [4.78, 5) is 20.1. The highest BCUT2D eigenvalue weighted by atomic mass is 35.5. The zero-order valence-corrected chi connectivity index (χ0v) is 17.6. The van der Waals surface area contributed by atoms with Gasteiger partial charge in [-0.1, -0.05) is 11.6 Å². The molecular weight excluding hydrogens is 392 g/mol. The van der Waals surface area contributed by atoms with Crippen LogP contribution in [0.15, 0.2) is 34.6 Å². The Bertz CT molecular complexity index is 1020. The van der Waals surface area contributed by atoms with E-state index in [4.69, 9.17) is 11.6 Å². The summed E-state index contributed by atoms with van der Waals surface area (Å²) in [7, 11) is 3.47. The average molecular weight is 413 g/mol. The summed E-state index contributed by atoms with van der Waals surface area (Å²) < 4.78 is 0. The van der Waals surface area contributed by atoms with Gasteiger partial charge in [0, 0.05) is 24.0 Å². The van der Waals surface area contributed by atoms with Crippen LogP contribution in [-0.2, 0) is 10.3 Å². The van der Waals surface area contributed by atoms with Gasteiger partial charge in [-0.25, -0.2) is 0 Å². The number of aliphatic imine (C=N–C) groups is 1. The van der Waals surface area contributed by atoms with Crippen LogP contribution in [0.5, 0.6) is 0 Å². The minimum atomic E-state index is -0.515. The molecule has 1 saturated heterocycles. The number of carbonyl (C=O) groups is 1. The first-order chi connectivity index (χ1) is 13.4. The van der Waals surface area contributed by atoms with Crippen molar-refractivity contribution >= 4 is 34.8 Å². The predicted molar refractivity (Wildman–Crippen MR) is 112 cm³/mol. The highest BCUT2D eigenvalue weighted by Gasteiger charge is 2.54. The van der Waals surface area contributed by atoms with E-state index in [9.17, 15) is 10.1 Å². The molecule has 2 atom stereocenters. The van der Waals surface area contributed by atoms with Gasteiger partial charge < -0.3 is 5.32 Å². The second kappa shape index (κ2) is 6.91. The second-order valence-electron chi connectivity index (χ2n) is 7.63. The van der Waals surface area contributed by atoms with Gasteiger partial charge in [-0.3, -0.25) is 14.7 Å². The molecule has 5 nitrogen and oxygen atoms in total. The first-order valence-corrected chi connectivity index (χ1v) is 10.5. The maximum Gasteiger partial charge on any atom is 0.235 e. The number of hydrogen-bond acceptors (Lipinski definition) is 4. The molecule has 2 aliphatic rings. The number of rotatable bonds is 3. The van der Waals surface area contributed by atoms with Crippen LogP contribution < -0.4 is 5.32 Å². The maximum atomic E-state index is 13.1. The van der Waals surface area contributed by atoms with Gasteiger partial charge >= 0.3 is 0 Å². The van der Waals surface area contributed by atoms with Crippen molar-refractivity contribution in [2.24, 2.45) is 16.8 Å². The summed E-state index contributed by atoms with van der Waals surface area (Å²) in [6.45, 7) is 2.10. The summed E-state index contributed by atoms with van der Waals surface area (Å²) in [5.41, 5.74) is 1.92. The van der Waals surface area contributed by atoms with E-state index < -0.39 is 5.54 Å². The van der Waals surface area contributed by atoms with Crippen LogP contribution in [0, 0.1) is 23.2 Å². The first kappa shape index (κ1) is 19.0. The number of nitrogens with zero attached hydrogens (tertiary/aromatic N) is 3. The van der Waals surface area contributed by atoms with Crippen LogP contribution >= 0.6 is 22.9 Å². The summed E-state index contributed by atoms with van der Waals surface area (Å²) in [6, 6.07) is 9.61. The van der Waals surface area contributed by atoms with Gasteiger partial charge in [-0.05, 0) is 66.5 Å². The Morgan fingerprint density at radius 3 is 2.71 bits per heavy atom. The van der Waals surface area contributed by atoms with Crippen molar-refractivity contribution < 1.29 is 4.79 Å². The van der Waals surface area contributed by atoms with Gasteiger partial charge in [0.2, 0.25) is 11.9 Å². The molecule has 1 aromatic heterocycles.